The number of hydrogen-bond acceptors (Lipinski definition) is 5. The predicted octanol–water partition coefficient (Wildman–Crippen LogP) is 0.609. The number of pyridine rings is 1. The Morgan fingerprint density at radius 1 is 1.37 bits per heavy atom. The molecule has 0 radical (unpaired) electrons. The van der Waals surface area contributed by atoms with Gasteiger partial charge in [0.15, 0.2) is 0 Å². The molecule has 104 valence electrons. The fourth-order valence-corrected chi connectivity index (χ4v) is 2.31. The Balaban J connectivity index is 2.17. The average molecular weight is 265 g/mol. The summed E-state index contributed by atoms with van der Waals surface area (Å²) in [6, 6.07) is 3.52. The van der Waals surface area contributed by atoms with Crippen molar-refractivity contribution in [3.63, 3.8) is 0 Å². The monoisotopic (exact) mass is 265 g/mol. The van der Waals surface area contributed by atoms with Crippen molar-refractivity contribution >= 4 is 11.7 Å². The van der Waals surface area contributed by atoms with E-state index in [0.717, 1.165) is 0 Å². The minimum Gasteiger partial charge on any atom is -0.377 e. The summed E-state index contributed by atoms with van der Waals surface area (Å²) in [7, 11) is 5.01. The van der Waals surface area contributed by atoms with E-state index in [-0.39, 0.29) is 18.1 Å². The molecule has 1 amide bonds. The highest BCUT2D eigenvalue weighted by Gasteiger charge is 2.36. The molecule has 0 aromatic carbocycles. The summed E-state index contributed by atoms with van der Waals surface area (Å²) in [4.78, 5) is 18.4. The molecule has 2 rings (SSSR count). The average Bonchev–Trinajstić information content (AvgIpc) is 2.89. The van der Waals surface area contributed by atoms with Crippen LogP contribution in [0.4, 0.5) is 5.82 Å². The quantitative estimate of drug-likeness (QED) is 0.864. The lowest BCUT2D eigenvalue weighted by Crippen LogP contribution is -2.30. The highest BCUT2D eigenvalue weighted by Crippen LogP contribution is 2.20. The largest absolute Gasteiger partial charge is 0.377 e. The normalized spacial score (nSPS) is 22.6. The maximum atomic E-state index is 12.5. The molecule has 0 bridgehead atoms. The Hall–Kier alpha value is -1.66. The molecule has 19 heavy (non-hydrogen) atoms. The first-order valence-electron chi connectivity index (χ1n) is 6.19. The second-order valence-electron chi connectivity index (χ2n) is 4.41. The topological polar surface area (TPSA) is 63.7 Å². The molecule has 2 heterocycles. The van der Waals surface area contributed by atoms with Crippen LogP contribution in [0, 0.1) is 0 Å². The number of rotatable bonds is 4. The van der Waals surface area contributed by atoms with Crippen molar-refractivity contribution < 1.29 is 14.3 Å². The standard InChI is InChI=1S/C13H19N3O3/c1-14-12-9(5-4-6-15-12)13(17)16-7-10(18-2)11(8-16)19-3/h4-6,10-11H,7-8H2,1-3H3,(H,14,15). The van der Waals surface area contributed by atoms with Gasteiger partial charge in [-0.15, -0.1) is 0 Å². The van der Waals surface area contributed by atoms with Gasteiger partial charge >= 0.3 is 0 Å². The van der Waals surface area contributed by atoms with Crippen LogP contribution in [0.2, 0.25) is 0 Å². The van der Waals surface area contributed by atoms with Crippen molar-refractivity contribution in [1.82, 2.24) is 9.88 Å². The predicted molar refractivity (Wildman–Crippen MR) is 71.3 cm³/mol. The fraction of sp³-hybridized carbons (Fsp3) is 0.538. The number of aromatic nitrogens is 1. The van der Waals surface area contributed by atoms with Crippen LogP contribution in [0.3, 0.4) is 0 Å². The Morgan fingerprint density at radius 2 is 2.00 bits per heavy atom. The van der Waals surface area contributed by atoms with Gasteiger partial charge in [0.2, 0.25) is 0 Å². The lowest BCUT2D eigenvalue weighted by molar-refractivity contribution is -0.00461. The summed E-state index contributed by atoms with van der Waals surface area (Å²) in [5.74, 6) is 0.529. The van der Waals surface area contributed by atoms with Crippen LogP contribution in [0.1, 0.15) is 10.4 Å². The van der Waals surface area contributed by atoms with E-state index in [1.165, 1.54) is 0 Å². The van der Waals surface area contributed by atoms with E-state index >= 15 is 0 Å². The second kappa shape index (κ2) is 5.99. The number of methoxy groups -OCH3 is 2. The molecule has 1 aromatic heterocycles. The Kier molecular flexibility index (Phi) is 4.34. The van der Waals surface area contributed by atoms with E-state index in [9.17, 15) is 4.79 Å². The number of nitrogens with zero attached hydrogens (tertiary/aromatic N) is 2. The molecule has 2 atom stereocenters. The molecule has 6 heteroatoms. The molecular formula is C13H19N3O3. The van der Waals surface area contributed by atoms with Gasteiger partial charge in [-0.1, -0.05) is 0 Å². The van der Waals surface area contributed by atoms with Gasteiger partial charge in [-0.05, 0) is 12.1 Å². The van der Waals surface area contributed by atoms with Crippen molar-refractivity contribution in [3.8, 4) is 0 Å². The number of likely N-dealkylation sites (tertiary alicyclic amines) is 1. The molecule has 0 spiro atoms. The van der Waals surface area contributed by atoms with Gasteiger partial charge in [0.1, 0.15) is 18.0 Å². The smallest absolute Gasteiger partial charge is 0.257 e. The first-order chi connectivity index (χ1) is 9.21. The van der Waals surface area contributed by atoms with Gasteiger partial charge in [0, 0.05) is 40.6 Å². The van der Waals surface area contributed by atoms with E-state index in [1.807, 2.05) is 0 Å². The zero-order chi connectivity index (χ0) is 13.8. The Morgan fingerprint density at radius 3 is 2.53 bits per heavy atom. The summed E-state index contributed by atoms with van der Waals surface area (Å²) >= 11 is 0. The van der Waals surface area contributed by atoms with Crippen molar-refractivity contribution in [2.24, 2.45) is 0 Å². The molecular weight excluding hydrogens is 246 g/mol. The van der Waals surface area contributed by atoms with E-state index in [0.29, 0.717) is 24.5 Å². The molecule has 0 saturated carbocycles. The van der Waals surface area contributed by atoms with E-state index in [1.54, 1.807) is 44.5 Å². The Bertz CT molecular complexity index is 441. The zero-order valence-corrected chi connectivity index (χ0v) is 11.4. The minimum atomic E-state index is -0.0799. The van der Waals surface area contributed by atoms with Crippen LogP contribution in [0.15, 0.2) is 18.3 Å². The maximum Gasteiger partial charge on any atom is 0.257 e. The summed E-state index contributed by atoms with van der Waals surface area (Å²) in [6.07, 6.45) is 1.50. The molecule has 1 aromatic rings. The van der Waals surface area contributed by atoms with E-state index in [4.69, 9.17) is 9.47 Å². The second-order valence-corrected chi connectivity index (χ2v) is 4.41. The number of carbonyl (C=O) groups is 1. The van der Waals surface area contributed by atoms with Gasteiger partial charge < -0.3 is 19.7 Å². The maximum absolute atomic E-state index is 12.5. The van der Waals surface area contributed by atoms with Crippen molar-refractivity contribution in [1.29, 1.82) is 0 Å². The summed E-state index contributed by atoms with van der Waals surface area (Å²) in [5, 5.41) is 2.93. The molecule has 1 fully saturated rings. The first kappa shape index (κ1) is 13.8. The summed E-state index contributed by atoms with van der Waals surface area (Å²) < 4.78 is 10.7. The molecule has 1 aliphatic heterocycles. The molecule has 1 aliphatic rings. The Labute approximate surface area is 112 Å². The third kappa shape index (κ3) is 2.69. The molecule has 1 N–H and O–H groups in total. The highest BCUT2D eigenvalue weighted by molar-refractivity contribution is 5.98. The number of amides is 1. The highest BCUT2D eigenvalue weighted by atomic mass is 16.5. The van der Waals surface area contributed by atoms with Crippen LogP contribution < -0.4 is 5.32 Å². The van der Waals surface area contributed by atoms with Gasteiger partial charge in [0.05, 0.1) is 5.56 Å². The van der Waals surface area contributed by atoms with Gasteiger partial charge in [-0.25, -0.2) is 4.98 Å². The number of ether oxygens (including phenoxy) is 2. The van der Waals surface area contributed by atoms with Crippen LogP contribution in [-0.4, -0.2) is 62.4 Å². The van der Waals surface area contributed by atoms with Crippen molar-refractivity contribution in [3.05, 3.63) is 23.9 Å². The lowest BCUT2D eigenvalue weighted by atomic mass is 10.2. The molecule has 2 unspecified atom stereocenters. The van der Waals surface area contributed by atoms with Gasteiger partial charge in [-0.3, -0.25) is 4.79 Å². The van der Waals surface area contributed by atoms with Crippen LogP contribution >= 0.6 is 0 Å². The molecule has 1 saturated heterocycles. The van der Waals surface area contributed by atoms with Gasteiger partial charge in [0.25, 0.3) is 5.91 Å². The third-order valence-corrected chi connectivity index (χ3v) is 3.38. The molecule has 0 aliphatic carbocycles. The van der Waals surface area contributed by atoms with E-state index < -0.39 is 0 Å². The number of hydrogen-bond donors (Lipinski definition) is 1. The third-order valence-electron chi connectivity index (χ3n) is 3.38. The van der Waals surface area contributed by atoms with Crippen LogP contribution in [-0.2, 0) is 9.47 Å². The zero-order valence-electron chi connectivity index (χ0n) is 11.4. The van der Waals surface area contributed by atoms with Gasteiger partial charge in [-0.2, -0.15) is 0 Å². The number of anilines is 1. The SMILES string of the molecule is CNc1ncccc1C(=O)N1CC(OC)C(OC)C1. The van der Waals surface area contributed by atoms with Crippen molar-refractivity contribution in [2.45, 2.75) is 12.2 Å². The van der Waals surface area contributed by atoms with Crippen molar-refractivity contribution in [2.75, 3.05) is 39.7 Å². The van der Waals surface area contributed by atoms with Crippen LogP contribution in [0.25, 0.3) is 0 Å². The van der Waals surface area contributed by atoms with E-state index in [2.05, 4.69) is 10.3 Å². The number of nitrogens with one attached hydrogen (secondary N) is 1. The number of carbonyl (C=O) groups excluding carboxylic acids is 1. The van der Waals surface area contributed by atoms with Crippen LogP contribution in [0.5, 0.6) is 0 Å². The lowest BCUT2D eigenvalue weighted by Gasteiger charge is -2.17. The first-order valence-corrected chi connectivity index (χ1v) is 6.19. The summed E-state index contributed by atoms with van der Waals surface area (Å²) in [6.45, 7) is 1.07. The molecule has 6 nitrogen and oxygen atoms in total. The summed E-state index contributed by atoms with van der Waals surface area (Å²) in [5.41, 5.74) is 0.566. The fourth-order valence-electron chi connectivity index (χ4n) is 2.31. The minimum absolute atomic E-state index is 0.0564.